The number of rotatable bonds is 3. The molecule has 16 heavy (non-hydrogen) atoms. The van der Waals surface area contributed by atoms with E-state index in [4.69, 9.17) is 0 Å². The van der Waals surface area contributed by atoms with Gasteiger partial charge in [-0.05, 0) is 37.1 Å². The van der Waals surface area contributed by atoms with Crippen LogP contribution in [-0.4, -0.2) is 10.4 Å². The molecule has 1 saturated carbocycles. The van der Waals surface area contributed by atoms with Crippen molar-refractivity contribution in [1.82, 2.24) is 4.57 Å². The van der Waals surface area contributed by atoms with Gasteiger partial charge >= 0.3 is 0 Å². The summed E-state index contributed by atoms with van der Waals surface area (Å²) in [6.45, 7) is 0.416. The fourth-order valence-electron chi connectivity index (χ4n) is 2.01. The van der Waals surface area contributed by atoms with Crippen molar-refractivity contribution in [2.45, 2.75) is 19.4 Å². The van der Waals surface area contributed by atoms with Gasteiger partial charge in [0, 0.05) is 23.0 Å². The van der Waals surface area contributed by atoms with Crippen LogP contribution < -0.4 is 0 Å². The lowest BCUT2D eigenvalue weighted by atomic mass is 10.2. The SMILES string of the molecule is O=C(Cn1ccc2cc(F)ccc21)C1CC1. The lowest BCUT2D eigenvalue weighted by Crippen LogP contribution is -2.10. The van der Waals surface area contributed by atoms with Crippen LogP contribution in [0.3, 0.4) is 0 Å². The van der Waals surface area contributed by atoms with Crippen LogP contribution in [0.25, 0.3) is 10.9 Å². The molecule has 0 unspecified atom stereocenters. The number of carbonyl (C=O) groups is 1. The Kier molecular flexibility index (Phi) is 2.06. The Morgan fingerprint density at radius 2 is 2.19 bits per heavy atom. The van der Waals surface area contributed by atoms with Gasteiger partial charge in [-0.15, -0.1) is 0 Å². The van der Waals surface area contributed by atoms with Crippen LogP contribution in [0.5, 0.6) is 0 Å². The van der Waals surface area contributed by atoms with E-state index in [9.17, 15) is 9.18 Å². The van der Waals surface area contributed by atoms with Gasteiger partial charge in [0.1, 0.15) is 5.82 Å². The van der Waals surface area contributed by atoms with E-state index in [0.717, 1.165) is 23.7 Å². The largest absolute Gasteiger partial charge is 0.340 e. The Bertz CT molecular complexity index is 554. The van der Waals surface area contributed by atoms with E-state index in [2.05, 4.69) is 0 Å². The van der Waals surface area contributed by atoms with Crippen molar-refractivity contribution in [3.8, 4) is 0 Å². The first-order chi connectivity index (χ1) is 7.74. The summed E-state index contributed by atoms with van der Waals surface area (Å²) < 4.78 is 14.9. The summed E-state index contributed by atoms with van der Waals surface area (Å²) >= 11 is 0. The van der Waals surface area contributed by atoms with Crippen LogP contribution in [0.4, 0.5) is 4.39 Å². The van der Waals surface area contributed by atoms with E-state index < -0.39 is 0 Å². The molecule has 1 heterocycles. The maximum absolute atomic E-state index is 13.0. The number of hydrogen-bond acceptors (Lipinski definition) is 1. The van der Waals surface area contributed by atoms with Crippen LogP contribution in [0.2, 0.25) is 0 Å². The van der Waals surface area contributed by atoms with Gasteiger partial charge < -0.3 is 4.57 Å². The molecular formula is C13H12FNO. The summed E-state index contributed by atoms with van der Waals surface area (Å²) in [5.41, 5.74) is 0.926. The number of fused-ring (bicyclic) bond motifs is 1. The molecule has 1 fully saturated rings. The number of halogens is 1. The molecule has 0 atom stereocenters. The van der Waals surface area contributed by atoms with Crippen molar-refractivity contribution in [3.63, 3.8) is 0 Å². The number of carbonyl (C=O) groups excluding carboxylic acids is 1. The lowest BCUT2D eigenvalue weighted by molar-refractivity contribution is -0.120. The van der Waals surface area contributed by atoms with Gasteiger partial charge in [0.15, 0.2) is 5.78 Å². The molecule has 2 aromatic rings. The highest BCUT2D eigenvalue weighted by molar-refractivity contribution is 5.86. The average molecular weight is 217 g/mol. The molecule has 82 valence electrons. The third kappa shape index (κ3) is 1.62. The molecule has 0 N–H and O–H groups in total. The lowest BCUT2D eigenvalue weighted by Gasteiger charge is -2.03. The first-order valence-corrected chi connectivity index (χ1v) is 5.51. The Morgan fingerprint density at radius 3 is 2.94 bits per heavy atom. The minimum atomic E-state index is -0.237. The Labute approximate surface area is 92.7 Å². The molecule has 1 aromatic carbocycles. The molecule has 0 aliphatic heterocycles. The molecule has 1 aromatic heterocycles. The van der Waals surface area contributed by atoms with Crippen LogP contribution >= 0.6 is 0 Å². The smallest absolute Gasteiger partial charge is 0.155 e. The molecule has 3 heteroatoms. The highest BCUT2D eigenvalue weighted by Gasteiger charge is 2.29. The zero-order chi connectivity index (χ0) is 11.1. The molecule has 0 amide bonds. The fourth-order valence-corrected chi connectivity index (χ4v) is 2.01. The van der Waals surface area contributed by atoms with Gasteiger partial charge in [0.05, 0.1) is 6.54 Å². The second-order valence-electron chi connectivity index (χ2n) is 4.39. The topological polar surface area (TPSA) is 22.0 Å². The number of hydrogen-bond donors (Lipinski definition) is 0. The first-order valence-electron chi connectivity index (χ1n) is 5.51. The van der Waals surface area contributed by atoms with E-state index in [1.165, 1.54) is 12.1 Å². The van der Waals surface area contributed by atoms with Crippen LogP contribution in [-0.2, 0) is 11.3 Å². The summed E-state index contributed by atoms with van der Waals surface area (Å²) in [5, 5.41) is 0.851. The number of ketones is 1. The van der Waals surface area contributed by atoms with Gasteiger partial charge in [0.25, 0.3) is 0 Å². The van der Waals surface area contributed by atoms with Crippen LogP contribution in [0.1, 0.15) is 12.8 Å². The minimum absolute atomic E-state index is 0.237. The van der Waals surface area contributed by atoms with Crippen molar-refractivity contribution in [2.75, 3.05) is 0 Å². The molecule has 0 spiro atoms. The number of nitrogens with zero attached hydrogens (tertiary/aromatic N) is 1. The Morgan fingerprint density at radius 1 is 1.38 bits per heavy atom. The predicted octanol–water partition coefficient (Wildman–Crippen LogP) is 2.76. The fraction of sp³-hybridized carbons (Fsp3) is 0.308. The summed E-state index contributed by atoms with van der Waals surface area (Å²) in [6, 6.07) is 6.50. The van der Waals surface area contributed by atoms with Crippen molar-refractivity contribution >= 4 is 16.7 Å². The second kappa shape index (κ2) is 3.44. The molecule has 2 nitrogen and oxygen atoms in total. The van der Waals surface area contributed by atoms with Crippen molar-refractivity contribution in [1.29, 1.82) is 0 Å². The van der Waals surface area contributed by atoms with E-state index in [1.54, 1.807) is 6.07 Å². The van der Waals surface area contributed by atoms with E-state index in [0.29, 0.717) is 12.3 Å². The van der Waals surface area contributed by atoms with Crippen LogP contribution in [0, 0.1) is 11.7 Å². The van der Waals surface area contributed by atoms with Gasteiger partial charge in [-0.3, -0.25) is 4.79 Å². The second-order valence-corrected chi connectivity index (χ2v) is 4.39. The van der Waals surface area contributed by atoms with Gasteiger partial charge in [0.2, 0.25) is 0 Å². The standard InChI is InChI=1S/C13H12FNO/c14-11-3-4-12-10(7-11)5-6-15(12)8-13(16)9-1-2-9/h3-7,9H,1-2,8H2. The summed E-state index contributed by atoms with van der Waals surface area (Å²) in [5.74, 6) is 0.332. The van der Waals surface area contributed by atoms with E-state index in [-0.39, 0.29) is 11.7 Å². The van der Waals surface area contributed by atoms with Crippen molar-refractivity contribution in [3.05, 3.63) is 36.3 Å². The monoisotopic (exact) mass is 217 g/mol. The Hall–Kier alpha value is -1.64. The quantitative estimate of drug-likeness (QED) is 0.774. The van der Waals surface area contributed by atoms with Gasteiger partial charge in [-0.1, -0.05) is 0 Å². The molecule has 0 saturated heterocycles. The number of aromatic nitrogens is 1. The maximum atomic E-state index is 13.0. The minimum Gasteiger partial charge on any atom is -0.340 e. The maximum Gasteiger partial charge on any atom is 0.155 e. The highest BCUT2D eigenvalue weighted by Crippen LogP contribution is 2.30. The predicted molar refractivity (Wildman–Crippen MR) is 59.6 cm³/mol. The molecule has 0 radical (unpaired) electrons. The Balaban J connectivity index is 1.94. The normalized spacial score (nSPS) is 15.6. The number of benzene rings is 1. The van der Waals surface area contributed by atoms with Crippen LogP contribution in [0.15, 0.2) is 30.5 Å². The van der Waals surface area contributed by atoms with E-state index in [1.807, 2.05) is 16.8 Å². The molecule has 3 rings (SSSR count). The average Bonchev–Trinajstić information content (AvgIpc) is 3.03. The summed E-state index contributed by atoms with van der Waals surface area (Å²) in [6.07, 6.45) is 3.92. The van der Waals surface area contributed by atoms with Gasteiger partial charge in [-0.2, -0.15) is 0 Å². The molecule has 0 bridgehead atoms. The van der Waals surface area contributed by atoms with Gasteiger partial charge in [-0.25, -0.2) is 4.39 Å². The van der Waals surface area contributed by atoms with Crippen molar-refractivity contribution in [2.24, 2.45) is 5.92 Å². The number of Topliss-reactive ketones (excluding diaryl/α,β-unsaturated/α-hetero) is 1. The summed E-state index contributed by atoms with van der Waals surface area (Å²) in [7, 11) is 0. The molecular weight excluding hydrogens is 205 g/mol. The molecule has 1 aliphatic rings. The summed E-state index contributed by atoms with van der Waals surface area (Å²) in [4.78, 5) is 11.7. The zero-order valence-electron chi connectivity index (χ0n) is 8.82. The molecule has 1 aliphatic carbocycles. The zero-order valence-corrected chi connectivity index (χ0v) is 8.82. The third-order valence-electron chi connectivity index (χ3n) is 3.09. The van der Waals surface area contributed by atoms with Crippen molar-refractivity contribution < 1.29 is 9.18 Å². The third-order valence-corrected chi connectivity index (χ3v) is 3.09. The first kappa shape index (κ1) is 9.58. The highest BCUT2D eigenvalue weighted by atomic mass is 19.1. The van der Waals surface area contributed by atoms with E-state index >= 15 is 0 Å².